The van der Waals surface area contributed by atoms with E-state index in [0.717, 1.165) is 25.7 Å². The first kappa shape index (κ1) is 28.0. The minimum absolute atomic E-state index is 0.112. The van der Waals surface area contributed by atoms with Gasteiger partial charge in [-0.2, -0.15) is 0 Å². The van der Waals surface area contributed by atoms with E-state index in [0.29, 0.717) is 40.4 Å². The highest BCUT2D eigenvalue weighted by molar-refractivity contribution is 6.34. The van der Waals surface area contributed by atoms with Gasteiger partial charge in [0, 0.05) is 29.9 Å². The third-order valence-corrected chi connectivity index (χ3v) is 6.70. The fraction of sp³-hybridized carbons (Fsp3) is 0.500. The summed E-state index contributed by atoms with van der Waals surface area (Å²) in [6.07, 6.45) is 10.2. The SMILES string of the molecule is CC(C)(O)CN/C=C\C(=N)NC(=O)[C@H](CC1CCCCC1)N1CC(Oc2cc(Cl)ccc2Cl)=CC1=O. The molecule has 1 saturated carbocycles. The zero-order chi connectivity index (χ0) is 26.3. The second-order valence-electron chi connectivity index (χ2n) is 9.94. The molecular weight excluding hydrogens is 503 g/mol. The summed E-state index contributed by atoms with van der Waals surface area (Å²) < 4.78 is 5.85. The summed E-state index contributed by atoms with van der Waals surface area (Å²) in [5.74, 6) is 0.182. The van der Waals surface area contributed by atoms with E-state index >= 15 is 0 Å². The molecule has 0 saturated heterocycles. The Morgan fingerprint density at radius 1 is 1.31 bits per heavy atom. The monoisotopic (exact) mass is 536 g/mol. The highest BCUT2D eigenvalue weighted by Gasteiger charge is 2.36. The Kier molecular flexibility index (Phi) is 9.82. The highest BCUT2D eigenvalue weighted by Crippen LogP contribution is 2.32. The normalized spacial score (nSPS) is 17.8. The molecule has 1 fully saturated rings. The van der Waals surface area contributed by atoms with Gasteiger partial charge in [-0.1, -0.05) is 55.3 Å². The van der Waals surface area contributed by atoms with Gasteiger partial charge in [0.1, 0.15) is 23.4 Å². The predicted molar refractivity (Wildman–Crippen MR) is 141 cm³/mol. The first-order chi connectivity index (χ1) is 17.0. The summed E-state index contributed by atoms with van der Waals surface area (Å²) in [6, 6.07) is 4.09. The third-order valence-electron chi connectivity index (χ3n) is 6.15. The first-order valence-corrected chi connectivity index (χ1v) is 12.9. The number of ether oxygens (including phenoxy) is 1. The Morgan fingerprint density at radius 3 is 2.72 bits per heavy atom. The molecule has 0 bridgehead atoms. The van der Waals surface area contributed by atoms with Gasteiger partial charge in [-0.05, 0) is 44.4 Å². The van der Waals surface area contributed by atoms with Gasteiger partial charge in [0.25, 0.3) is 5.91 Å². The average molecular weight is 537 g/mol. The highest BCUT2D eigenvalue weighted by atomic mass is 35.5. The summed E-state index contributed by atoms with van der Waals surface area (Å²) in [5, 5.41) is 24.2. The van der Waals surface area contributed by atoms with Crippen molar-refractivity contribution in [1.29, 1.82) is 5.41 Å². The molecule has 1 aliphatic carbocycles. The fourth-order valence-corrected chi connectivity index (χ4v) is 4.68. The molecule has 196 valence electrons. The number of halogens is 2. The van der Waals surface area contributed by atoms with E-state index in [2.05, 4.69) is 10.6 Å². The number of rotatable bonds is 10. The Hall–Kier alpha value is -2.55. The van der Waals surface area contributed by atoms with E-state index in [-0.39, 0.29) is 18.3 Å². The van der Waals surface area contributed by atoms with Gasteiger partial charge < -0.3 is 25.4 Å². The molecule has 8 nitrogen and oxygen atoms in total. The largest absolute Gasteiger partial charge is 0.458 e. The number of hydrogen-bond donors (Lipinski definition) is 4. The van der Waals surface area contributed by atoms with Crippen molar-refractivity contribution >= 4 is 40.9 Å². The lowest BCUT2D eigenvalue weighted by Gasteiger charge is -2.31. The summed E-state index contributed by atoms with van der Waals surface area (Å²) in [5.41, 5.74) is -0.904. The van der Waals surface area contributed by atoms with Crippen molar-refractivity contribution in [3.05, 3.63) is 52.4 Å². The maximum atomic E-state index is 13.3. The molecule has 1 heterocycles. The Balaban J connectivity index is 1.68. The van der Waals surface area contributed by atoms with Crippen LogP contribution in [0.25, 0.3) is 0 Å². The van der Waals surface area contributed by atoms with Gasteiger partial charge in [0.15, 0.2) is 0 Å². The van der Waals surface area contributed by atoms with Crippen LogP contribution in [0.3, 0.4) is 0 Å². The van der Waals surface area contributed by atoms with E-state index in [9.17, 15) is 14.7 Å². The molecule has 2 aliphatic rings. The van der Waals surface area contributed by atoms with Crippen LogP contribution in [0.15, 0.2) is 42.3 Å². The summed E-state index contributed by atoms with van der Waals surface area (Å²) in [7, 11) is 0. The van der Waals surface area contributed by atoms with Crippen LogP contribution in [-0.2, 0) is 9.59 Å². The smallest absolute Gasteiger partial charge is 0.251 e. The number of hydrogen-bond acceptors (Lipinski definition) is 6. The van der Waals surface area contributed by atoms with Crippen LogP contribution in [-0.4, -0.2) is 52.4 Å². The molecule has 2 amide bonds. The quantitative estimate of drug-likeness (QED) is 0.261. The molecule has 0 unspecified atom stereocenters. The van der Waals surface area contributed by atoms with E-state index in [4.69, 9.17) is 33.3 Å². The van der Waals surface area contributed by atoms with Crippen LogP contribution in [0.1, 0.15) is 52.4 Å². The predicted octanol–water partition coefficient (Wildman–Crippen LogP) is 4.40. The zero-order valence-corrected chi connectivity index (χ0v) is 22.2. The van der Waals surface area contributed by atoms with Crippen molar-refractivity contribution < 1.29 is 19.4 Å². The van der Waals surface area contributed by atoms with Crippen molar-refractivity contribution in [2.75, 3.05) is 13.1 Å². The summed E-state index contributed by atoms with van der Waals surface area (Å²) >= 11 is 12.2. The number of amidine groups is 1. The second-order valence-corrected chi connectivity index (χ2v) is 10.8. The van der Waals surface area contributed by atoms with Crippen LogP contribution in [0, 0.1) is 11.3 Å². The topological polar surface area (TPSA) is 115 Å². The lowest BCUT2D eigenvalue weighted by atomic mass is 9.84. The number of nitrogens with zero attached hydrogens (tertiary/aromatic N) is 1. The molecule has 10 heteroatoms. The molecule has 1 aliphatic heterocycles. The van der Waals surface area contributed by atoms with Crippen LogP contribution in [0.5, 0.6) is 5.75 Å². The molecule has 0 aromatic heterocycles. The van der Waals surface area contributed by atoms with Crippen LogP contribution < -0.4 is 15.4 Å². The molecule has 36 heavy (non-hydrogen) atoms. The van der Waals surface area contributed by atoms with Crippen molar-refractivity contribution in [1.82, 2.24) is 15.5 Å². The third kappa shape index (κ3) is 8.54. The summed E-state index contributed by atoms with van der Waals surface area (Å²) in [4.78, 5) is 27.7. The number of benzene rings is 1. The van der Waals surface area contributed by atoms with Crippen LogP contribution in [0.2, 0.25) is 10.0 Å². The van der Waals surface area contributed by atoms with Gasteiger partial charge in [0.2, 0.25) is 5.91 Å². The first-order valence-electron chi connectivity index (χ1n) is 12.2. The fourth-order valence-electron chi connectivity index (χ4n) is 4.36. The van der Waals surface area contributed by atoms with Crippen molar-refractivity contribution in [3.63, 3.8) is 0 Å². The standard InChI is InChI=1S/C26H34Cl2N4O4/c1-26(2,35)16-30-11-10-23(29)31-25(34)21(12-17-6-4-3-5-7-17)32-15-19(14-24(32)33)36-22-13-18(27)8-9-20(22)28/h8-11,13-14,17,21,30,35H,3-7,12,15-16H2,1-2H3,(H2,29,31,34)/b11-10-/t21-/m0/s1. The Morgan fingerprint density at radius 2 is 2.03 bits per heavy atom. The van der Waals surface area contributed by atoms with E-state index in [1.165, 1.54) is 29.7 Å². The minimum atomic E-state index is -0.904. The van der Waals surface area contributed by atoms with E-state index in [1.807, 2.05) is 0 Å². The van der Waals surface area contributed by atoms with Gasteiger partial charge in [-0.25, -0.2) is 0 Å². The molecule has 1 atom stereocenters. The zero-order valence-electron chi connectivity index (χ0n) is 20.7. The molecular formula is C26H34Cl2N4O4. The number of carbonyl (C=O) groups is 2. The average Bonchev–Trinajstić information content (AvgIpc) is 3.17. The second kappa shape index (κ2) is 12.6. The Labute approximate surface area is 222 Å². The van der Waals surface area contributed by atoms with Crippen molar-refractivity contribution in [3.8, 4) is 5.75 Å². The molecule has 0 radical (unpaired) electrons. The molecule has 1 aromatic rings. The van der Waals surface area contributed by atoms with Gasteiger partial charge in [0.05, 0.1) is 17.2 Å². The van der Waals surface area contributed by atoms with Gasteiger partial charge in [-0.3, -0.25) is 15.0 Å². The van der Waals surface area contributed by atoms with Crippen molar-refractivity contribution in [2.45, 2.75) is 64.0 Å². The van der Waals surface area contributed by atoms with Crippen molar-refractivity contribution in [2.24, 2.45) is 5.92 Å². The Bertz CT molecular complexity index is 1030. The maximum absolute atomic E-state index is 13.3. The van der Waals surface area contributed by atoms with Gasteiger partial charge in [-0.15, -0.1) is 0 Å². The van der Waals surface area contributed by atoms with Gasteiger partial charge >= 0.3 is 0 Å². The number of nitrogens with one attached hydrogen (secondary N) is 3. The molecule has 4 N–H and O–H groups in total. The number of carbonyl (C=O) groups excluding carboxylic acids is 2. The maximum Gasteiger partial charge on any atom is 0.251 e. The molecule has 0 spiro atoms. The van der Waals surface area contributed by atoms with Crippen LogP contribution in [0.4, 0.5) is 0 Å². The minimum Gasteiger partial charge on any atom is -0.458 e. The van der Waals surface area contributed by atoms with E-state index < -0.39 is 17.6 Å². The summed E-state index contributed by atoms with van der Waals surface area (Å²) in [6.45, 7) is 3.73. The van der Waals surface area contributed by atoms with Crippen LogP contribution >= 0.6 is 23.2 Å². The number of aliphatic hydroxyl groups is 1. The molecule has 3 rings (SSSR count). The van der Waals surface area contributed by atoms with E-state index in [1.54, 1.807) is 32.0 Å². The molecule has 1 aromatic carbocycles. The lowest BCUT2D eigenvalue weighted by molar-refractivity contribution is -0.135. The lowest BCUT2D eigenvalue weighted by Crippen LogP contribution is -2.50. The number of amides is 2.